The van der Waals surface area contributed by atoms with E-state index in [0.717, 1.165) is 23.4 Å². The number of ether oxygens (including phenoxy) is 1. The van der Waals surface area contributed by atoms with Crippen LogP contribution in [0.3, 0.4) is 0 Å². The molecule has 0 saturated heterocycles. The van der Waals surface area contributed by atoms with E-state index in [0.29, 0.717) is 6.61 Å². The first-order chi connectivity index (χ1) is 9.08. The van der Waals surface area contributed by atoms with Crippen molar-refractivity contribution in [2.45, 2.75) is 33.2 Å². The van der Waals surface area contributed by atoms with Crippen LogP contribution in [0.25, 0.3) is 0 Å². The molecule has 2 aromatic rings. The van der Waals surface area contributed by atoms with Crippen LogP contribution in [0.4, 0.5) is 0 Å². The van der Waals surface area contributed by atoms with E-state index in [-0.39, 0.29) is 6.04 Å². The lowest BCUT2D eigenvalue weighted by molar-refractivity contribution is 0.317. The molecule has 102 valence electrons. The molecule has 2 rings (SSSR count). The molecule has 1 aromatic heterocycles. The summed E-state index contributed by atoms with van der Waals surface area (Å²) in [6.07, 6.45) is 0.892. The molecule has 1 atom stereocenters. The number of hydrogen-bond acceptors (Lipinski definition) is 4. The third-order valence-electron chi connectivity index (χ3n) is 3.09. The average molecular weight is 276 g/mol. The first-order valence-corrected chi connectivity index (χ1v) is 7.34. The molecule has 1 heterocycles. The minimum absolute atomic E-state index is 0.0132. The largest absolute Gasteiger partial charge is 0.493 e. The molecule has 0 bridgehead atoms. The van der Waals surface area contributed by atoms with Crippen molar-refractivity contribution in [3.8, 4) is 5.75 Å². The zero-order chi connectivity index (χ0) is 13.8. The van der Waals surface area contributed by atoms with Crippen LogP contribution in [0.15, 0.2) is 23.7 Å². The lowest BCUT2D eigenvalue weighted by Gasteiger charge is -2.14. The van der Waals surface area contributed by atoms with Crippen molar-refractivity contribution in [3.63, 3.8) is 0 Å². The molecule has 0 amide bonds. The molecule has 0 spiro atoms. The molecule has 3 nitrogen and oxygen atoms in total. The van der Waals surface area contributed by atoms with Crippen LogP contribution in [0, 0.1) is 13.8 Å². The molecule has 0 fully saturated rings. The fraction of sp³-hybridized carbons (Fsp3) is 0.400. The second-order valence-corrected chi connectivity index (χ2v) is 5.73. The van der Waals surface area contributed by atoms with Gasteiger partial charge in [0.1, 0.15) is 5.75 Å². The molecule has 0 saturated carbocycles. The molecule has 0 aliphatic heterocycles. The summed E-state index contributed by atoms with van der Waals surface area (Å²) in [5.41, 5.74) is 11.2. The lowest BCUT2D eigenvalue weighted by Crippen LogP contribution is -2.09. The van der Waals surface area contributed by atoms with Gasteiger partial charge in [0.05, 0.1) is 17.8 Å². The van der Waals surface area contributed by atoms with E-state index < -0.39 is 0 Å². The molecule has 0 aliphatic rings. The van der Waals surface area contributed by atoms with Crippen molar-refractivity contribution in [1.29, 1.82) is 0 Å². The van der Waals surface area contributed by atoms with Crippen molar-refractivity contribution in [1.82, 2.24) is 4.98 Å². The molecular weight excluding hydrogens is 256 g/mol. The SMILES string of the molecule is Cc1ccc(C(C)N)c(OCCc2scnc2C)c1. The van der Waals surface area contributed by atoms with Crippen LogP contribution in [0.5, 0.6) is 5.75 Å². The van der Waals surface area contributed by atoms with Gasteiger partial charge in [-0.1, -0.05) is 12.1 Å². The van der Waals surface area contributed by atoms with Crippen LogP contribution >= 0.6 is 11.3 Å². The Bertz CT molecular complexity index is 549. The molecule has 4 heteroatoms. The van der Waals surface area contributed by atoms with Gasteiger partial charge in [0.2, 0.25) is 0 Å². The van der Waals surface area contributed by atoms with Gasteiger partial charge >= 0.3 is 0 Å². The van der Waals surface area contributed by atoms with Gasteiger partial charge in [-0.15, -0.1) is 11.3 Å². The maximum atomic E-state index is 5.97. The summed E-state index contributed by atoms with van der Waals surface area (Å²) in [5, 5.41) is 0. The van der Waals surface area contributed by atoms with E-state index in [2.05, 4.69) is 24.0 Å². The summed E-state index contributed by atoms with van der Waals surface area (Å²) in [7, 11) is 0. The Balaban J connectivity index is 2.03. The van der Waals surface area contributed by atoms with Crippen LogP contribution in [-0.4, -0.2) is 11.6 Å². The summed E-state index contributed by atoms with van der Waals surface area (Å²) >= 11 is 1.68. The number of benzene rings is 1. The molecule has 0 aliphatic carbocycles. The van der Waals surface area contributed by atoms with Crippen molar-refractivity contribution < 1.29 is 4.74 Å². The molecule has 1 aromatic carbocycles. The molecular formula is C15H20N2OS. The third-order valence-corrected chi connectivity index (χ3v) is 4.09. The van der Waals surface area contributed by atoms with Gasteiger partial charge in [-0.2, -0.15) is 0 Å². The van der Waals surface area contributed by atoms with E-state index in [1.165, 1.54) is 10.4 Å². The van der Waals surface area contributed by atoms with Crippen molar-refractivity contribution >= 4 is 11.3 Å². The molecule has 0 radical (unpaired) electrons. The summed E-state index contributed by atoms with van der Waals surface area (Å²) in [4.78, 5) is 5.53. The second kappa shape index (κ2) is 6.17. The van der Waals surface area contributed by atoms with Crippen molar-refractivity contribution in [2.24, 2.45) is 5.73 Å². The maximum absolute atomic E-state index is 5.97. The Hall–Kier alpha value is -1.39. The van der Waals surface area contributed by atoms with E-state index in [1.54, 1.807) is 11.3 Å². The summed E-state index contributed by atoms with van der Waals surface area (Å²) in [6.45, 7) is 6.73. The third kappa shape index (κ3) is 3.55. The first kappa shape index (κ1) is 14.0. The Morgan fingerprint density at radius 3 is 2.79 bits per heavy atom. The minimum Gasteiger partial charge on any atom is -0.493 e. The van der Waals surface area contributed by atoms with Crippen LogP contribution in [0.1, 0.15) is 34.7 Å². The van der Waals surface area contributed by atoms with E-state index in [9.17, 15) is 0 Å². The van der Waals surface area contributed by atoms with Crippen molar-refractivity contribution in [3.05, 3.63) is 45.4 Å². The van der Waals surface area contributed by atoms with Crippen LogP contribution in [-0.2, 0) is 6.42 Å². The zero-order valence-corrected chi connectivity index (χ0v) is 12.5. The summed E-state index contributed by atoms with van der Waals surface area (Å²) in [5.74, 6) is 0.900. The number of nitrogens with two attached hydrogens (primary N) is 1. The zero-order valence-electron chi connectivity index (χ0n) is 11.6. The van der Waals surface area contributed by atoms with Gasteiger partial charge in [-0.05, 0) is 32.4 Å². The summed E-state index contributed by atoms with van der Waals surface area (Å²) < 4.78 is 5.91. The van der Waals surface area contributed by atoms with E-state index >= 15 is 0 Å². The molecule has 1 unspecified atom stereocenters. The second-order valence-electron chi connectivity index (χ2n) is 4.79. The fourth-order valence-electron chi connectivity index (χ4n) is 1.96. The number of hydrogen-bond donors (Lipinski definition) is 1. The smallest absolute Gasteiger partial charge is 0.124 e. The van der Waals surface area contributed by atoms with Gasteiger partial charge in [-0.3, -0.25) is 0 Å². The number of thiazole rings is 1. The lowest BCUT2D eigenvalue weighted by atomic mass is 10.1. The Labute approximate surface area is 118 Å². The highest BCUT2D eigenvalue weighted by atomic mass is 32.1. The standard InChI is InChI=1S/C15H20N2OS/c1-10-4-5-13(11(2)16)14(8-10)18-7-6-15-12(3)17-9-19-15/h4-5,8-9,11H,6-7,16H2,1-3H3. The van der Waals surface area contributed by atoms with Gasteiger partial charge in [0.15, 0.2) is 0 Å². The van der Waals surface area contributed by atoms with Crippen molar-refractivity contribution in [2.75, 3.05) is 6.61 Å². The topological polar surface area (TPSA) is 48.1 Å². The van der Waals surface area contributed by atoms with Crippen LogP contribution in [0.2, 0.25) is 0 Å². The molecule has 2 N–H and O–H groups in total. The van der Waals surface area contributed by atoms with Crippen LogP contribution < -0.4 is 10.5 Å². The van der Waals surface area contributed by atoms with Gasteiger partial charge in [0, 0.05) is 22.9 Å². The van der Waals surface area contributed by atoms with E-state index in [4.69, 9.17) is 10.5 Å². The molecule has 19 heavy (non-hydrogen) atoms. The fourth-order valence-corrected chi connectivity index (χ4v) is 2.73. The highest BCUT2D eigenvalue weighted by Crippen LogP contribution is 2.25. The normalized spacial score (nSPS) is 12.4. The Kier molecular flexibility index (Phi) is 4.56. The maximum Gasteiger partial charge on any atom is 0.124 e. The first-order valence-electron chi connectivity index (χ1n) is 6.46. The monoisotopic (exact) mass is 276 g/mol. The van der Waals surface area contributed by atoms with Gasteiger partial charge < -0.3 is 10.5 Å². The summed E-state index contributed by atoms with van der Waals surface area (Å²) in [6, 6.07) is 6.16. The highest BCUT2D eigenvalue weighted by Gasteiger charge is 2.09. The average Bonchev–Trinajstić information content (AvgIpc) is 2.75. The number of aromatic nitrogens is 1. The van der Waals surface area contributed by atoms with Gasteiger partial charge in [0.25, 0.3) is 0 Å². The number of nitrogens with zero attached hydrogens (tertiary/aromatic N) is 1. The van der Waals surface area contributed by atoms with Gasteiger partial charge in [-0.25, -0.2) is 4.98 Å². The number of aryl methyl sites for hydroxylation is 2. The highest BCUT2D eigenvalue weighted by molar-refractivity contribution is 7.09. The number of rotatable bonds is 5. The Morgan fingerprint density at radius 1 is 1.37 bits per heavy atom. The minimum atomic E-state index is -0.0132. The predicted molar refractivity (Wildman–Crippen MR) is 79.8 cm³/mol. The Morgan fingerprint density at radius 2 is 2.16 bits per heavy atom. The predicted octanol–water partition coefficient (Wildman–Crippen LogP) is 3.40. The van der Waals surface area contributed by atoms with E-state index in [1.807, 2.05) is 25.4 Å². The quantitative estimate of drug-likeness (QED) is 0.910.